The van der Waals surface area contributed by atoms with E-state index in [4.69, 9.17) is 16.3 Å². The van der Waals surface area contributed by atoms with Gasteiger partial charge in [-0.3, -0.25) is 0 Å². The lowest BCUT2D eigenvalue weighted by molar-refractivity contribution is 0.0843. The van der Waals surface area contributed by atoms with Gasteiger partial charge < -0.3 is 4.74 Å². The predicted octanol–water partition coefficient (Wildman–Crippen LogP) is 4.14. The first-order valence-corrected chi connectivity index (χ1v) is 7.07. The summed E-state index contributed by atoms with van der Waals surface area (Å²) in [7, 11) is 0. The monoisotopic (exact) mass is 252 g/mol. The molecule has 1 heterocycles. The highest BCUT2D eigenvalue weighted by atomic mass is 35.5. The normalized spacial score (nSPS) is 23.5. The summed E-state index contributed by atoms with van der Waals surface area (Å²) >= 11 is 6.28. The highest BCUT2D eigenvalue weighted by Gasteiger charge is 2.33. The molecule has 1 nitrogen and oxygen atoms in total. The largest absolute Gasteiger partial charge is 0.378 e. The number of hydrogen-bond acceptors (Lipinski definition) is 1. The van der Waals surface area contributed by atoms with Gasteiger partial charge in [0.05, 0.1) is 6.10 Å². The molecule has 1 aliphatic rings. The second kappa shape index (κ2) is 5.88. The molecule has 1 fully saturated rings. The molecule has 1 aliphatic heterocycles. The van der Waals surface area contributed by atoms with Crippen LogP contribution in [0.3, 0.4) is 0 Å². The van der Waals surface area contributed by atoms with Crippen molar-refractivity contribution >= 4 is 11.6 Å². The molecule has 0 aliphatic carbocycles. The van der Waals surface area contributed by atoms with Crippen molar-refractivity contribution in [2.24, 2.45) is 0 Å². The maximum Gasteiger partial charge on any atom is 0.0584 e. The Morgan fingerprint density at radius 2 is 2.12 bits per heavy atom. The van der Waals surface area contributed by atoms with Crippen LogP contribution in [0.25, 0.3) is 0 Å². The summed E-state index contributed by atoms with van der Waals surface area (Å²) in [5.74, 6) is 0.674. The van der Waals surface area contributed by atoms with Crippen molar-refractivity contribution in [3.05, 3.63) is 35.9 Å². The number of benzene rings is 1. The van der Waals surface area contributed by atoms with Crippen molar-refractivity contribution in [3.8, 4) is 0 Å². The third-order valence-electron chi connectivity index (χ3n) is 3.96. The summed E-state index contributed by atoms with van der Waals surface area (Å²) in [5.41, 5.74) is 1.44. The number of halogens is 1. The van der Waals surface area contributed by atoms with E-state index in [0.29, 0.717) is 12.0 Å². The van der Waals surface area contributed by atoms with Crippen LogP contribution >= 0.6 is 11.6 Å². The molecule has 2 unspecified atom stereocenters. The molecule has 0 N–H and O–H groups in total. The van der Waals surface area contributed by atoms with Crippen molar-refractivity contribution in [2.75, 3.05) is 12.5 Å². The Bertz CT molecular complexity index is 326. The molecule has 0 amide bonds. The summed E-state index contributed by atoms with van der Waals surface area (Å²) in [5, 5.41) is 0. The fraction of sp³-hybridized carbons (Fsp3) is 0.600. The van der Waals surface area contributed by atoms with Gasteiger partial charge in [-0.1, -0.05) is 37.3 Å². The first-order chi connectivity index (χ1) is 8.30. The van der Waals surface area contributed by atoms with Gasteiger partial charge >= 0.3 is 0 Å². The fourth-order valence-corrected chi connectivity index (χ4v) is 3.18. The smallest absolute Gasteiger partial charge is 0.0584 e. The Labute approximate surface area is 109 Å². The fourth-order valence-electron chi connectivity index (χ4n) is 2.73. The average Bonchev–Trinajstić information content (AvgIpc) is 2.90. The summed E-state index contributed by atoms with van der Waals surface area (Å²) in [6.45, 7) is 3.14. The number of alkyl halides is 1. The zero-order valence-corrected chi connectivity index (χ0v) is 11.2. The lowest BCUT2D eigenvalue weighted by Crippen LogP contribution is -2.32. The number of ether oxygens (including phenoxy) is 1. The number of rotatable bonds is 5. The maximum atomic E-state index is 6.28. The number of hydrogen-bond donors (Lipinski definition) is 0. The highest BCUT2D eigenvalue weighted by Crippen LogP contribution is 2.37. The zero-order chi connectivity index (χ0) is 12.1. The molecule has 2 atom stereocenters. The SMILES string of the molecule is CCC(CCl)(CC1CCCO1)c1ccccc1. The predicted molar refractivity (Wildman–Crippen MR) is 72.7 cm³/mol. The molecule has 0 radical (unpaired) electrons. The topological polar surface area (TPSA) is 9.23 Å². The molecular weight excluding hydrogens is 232 g/mol. The van der Waals surface area contributed by atoms with Crippen LogP contribution < -0.4 is 0 Å². The van der Waals surface area contributed by atoms with Gasteiger partial charge in [0.15, 0.2) is 0 Å². The van der Waals surface area contributed by atoms with Gasteiger partial charge in [-0.25, -0.2) is 0 Å². The third-order valence-corrected chi connectivity index (χ3v) is 4.47. The zero-order valence-electron chi connectivity index (χ0n) is 10.5. The molecule has 0 aromatic heterocycles. The third kappa shape index (κ3) is 2.83. The molecule has 0 spiro atoms. The Kier molecular flexibility index (Phi) is 4.47. The van der Waals surface area contributed by atoms with Crippen molar-refractivity contribution in [1.29, 1.82) is 0 Å². The summed E-state index contributed by atoms with van der Waals surface area (Å²) in [6.07, 6.45) is 4.90. The van der Waals surface area contributed by atoms with Gasteiger partial charge in [0.2, 0.25) is 0 Å². The molecule has 1 aromatic carbocycles. The molecular formula is C15H21ClO. The minimum absolute atomic E-state index is 0.0812. The highest BCUT2D eigenvalue weighted by molar-refractivity contribution is 6.18. The standard InChI is InChI=1S/C15H21ClO/c1-2-15(12-16,11-14-9-6-10-17-14)13-7-4-3-5-8-13/h3-5,7-8,14H,2,6,9-12H2,1H3. The van der Waals surface area contributed by atoms with E-state index < -0.39 is 0 Å². The minimum atomic E-state index is 0.0812. The molecule has 2 heteroatoms. The van der Waals surface area contributed by atoms with Crippen LogP contribution in [0.5, 0.6) is 0 Å². The Morgan fingerprint density at radius 1 is 1.35 bits per heavy atom. The molecule has 94 valence electrons. The van der Waals surface area contributed by atoms with Crippen molar-refractivity contribution in [1.82, 2.24) is 0 Å². The molecule has 0 bridgehead atoms. The van der Waals surface area contributed by atoms with Crippen LogP contribution in [0, 0.1) is 0 Å². The van der Waals surface area contributed by atoms with Gasteiger partial charge in [0.25, 0.3) is 0 Å². The van der Waals surface area contributed by atoms with Gasteiger partial charge in [-0.15, -0.1) is 11.6 Å². The first kappa shape index (κ1) is 12.9. The van der Waals surface area contributed by atoms with Crippen LogP contribution in [0.2, 0.25) is 0 Å². The van der Waals surface area contributed by atoms with Crippen molar-refractivity contribution < 1.29 is 4.74 Å². The molecule has 1 aromatic rings. The van der Waals surface area contributed by atoms with E-state index in [1.165, 1.54) is 18.4 Å². The van der Waals surface area contributed by atoms with Crippen LogP contribution in [-0.2, 0) is 10.2 Å². The molecule has 2 rings (SSSR count). The molecule has 0 saturated carbocycles. The van der Waals surface area contributed by atoms with Crippen molar-refractivity contribution in [2.45, 2.75) is 44.1 Å². The molecule has 17 heavy (non-hydrogen) atoms. The van der Waals surface area contributed by atoms with E-state index in [-0.39, 0.29) is 5.41 Å². The van der Waals surface area contributed by atoms with E-state index in [1.807, 2.05) is 0 Å². The second-order valence-electron chi connectivity index (χ2n) is 4.97. The summed E-state index contributed by atoms with van der Waals surface area (Å²) in [4.78, 5) is 0. The first-order valence-electron chi connectivity index (χ1n) is 6.54. The van der Waals surface area contributed by atoms with Crippen LogP contribution in [-0.4, -0.2) is 18.6 Å². The second-order valence-corrected chi connectivity index (χ2v) is 5.24. The average molecular weight is 253 g/mol. The van der Waals surface area contributed by atoms with Crippen LogP contribution in [0.4, 0.5) is 0 Å². The van der Waals surface area contributed by atoms with Gasteiger partial charge in [0, 0.05) is 17.9 Å². The lowest BCUT2D eigenvalue weighted by atomic mass is 9.75. The summed E-state index contributed by atoms with van der Waals surface area (Å²) < 4.78 is 5.77. The van der Waals surface area contributed by atoms with Crippen LogP contribution in [0.1, 0.15) is 38.2 Å². The molecule has 1 saturated heterocycles. The maximum absolute atomic E-state index is 6.28. The van der Waals surface area contributed by atoms with Gasteiger partial charge in [0.1, 0.15) is 0 Å². The quantitative estimate of drug-likeness (QED) is 0.716. The Hall–Kier alpha value is -0.530. The van der Waals surface area contributed by atoms with E-state index in [9.17, 15) is 0 Å². The van der Waals surface area contributed by atoms with Crippen LogP contribution in [0.15, 0.2) is 30.3 Å². The van der Waals surface area contributed by atoms with E-state index in [0.717, 1.165) is 19.4 Å². The van der Waals surface area contributed by atoms with E-state index in [2.05, 4.69) is 37.3 Å². The summed E-state index contributed by atoms with van der Waals surface area (Å²) in [6, 6.07) is 10.6. The van der Waals surface area contributed by atoms with Gasteiger partial charge in [-0.05, 0) is 31.2 Å². The minimum Gasteiger partial charge on any atom is -0.378 e. The Morgan fingerprint density at radius 3 is 2.65 bits per heavy atom. The Balaban J connectivity index is 2.19. The van der Waals surface area contributed by atoms with E-state index in [1.54, 1.807) is 0 Å². The van der Waals surface area contributed by atoms with Crippen molar-refractivity contribution in [3.63, 3.8) is 0 Å². The van der Waals surface area contributed by atoms with Gasteiger partial charge in [-0.2, -0.15) is 0 Å². The van der Waals surface area contributed by atoms with E-state index >= 15 is 0 Å². The lowest BCUT2D eigenvalue weighted by Gasteiger charge is -2.33.